The molecule has 2 aromatic rings. The van der Waals surface area contributed by atoms with E-state index in [1.165, 1.54) is 6.92 Å². The van der Waals surface area contributed by atoms with E-state index in [9.17, 15) is 9.59 Å². The van der Waals surface area contributed by atoms with Crippen LogP contribution in [0.15, 0.2) is 34.8 Å². The van der Waals surface area contributed by atoms with Crippen LogP contribution in [0.2, 0.25) is 0 Å². The van der Waals surface area contributed by atoms with Crippen LogP contribution in [-0.2, 0) is 4.79 Å². The standard InChI is InChI=1S/C16H18N2O4/c1-4-11(5-2)22-15-14(21-9(3)19)12-7-6-10(17)8-13(12)18-16(15)20/h4,6-8H,5,17H2,1-3H3,(H,18,20). The Bertz CT molecular complexity index is 806. The van der Waals surface area contributed by atoms with Crippen LogP contribution in [0, 0.1) is 0 Å². The lowest BCUT2D eigenvalue weighted by atomic mass is 10.1. The second kappa shape index (κ2) is 6.34. The number of ether oxygens (including phenoxy) is 2. The minimum Gasteiger partial charge on any atom is -0.452 e. The van der Waals surface area contributed by atoms with Crippen LogP contribution >= 0.6 is 0 Å². The molecule has 1 aromatic carbocycles. The summed E-state index contributed by atoms with van der Waals surface area (Å²) in [6.45, 7) is 4.97. The zero-order valence-corrected chi connectivity index (χ0v) is 12.7. The summed E-state index contributed by atoms with van der Waals surface area (Å²) < 4.78 is 10.8. The molecule has 0 aliphatic heterocycles. The number of nitrogen functional groups attached to an aromatic ring is 1. The van der Waals surface area contributed by atoms with Gasteiger partial charge in [0, 0.05) is 24.4 Å². The number of fused-ring (bicyclic) bond motifs is 1. The number of esters is 1. The Morgan fingerprint density at radius 2 is 2.05 bits per heavy atom. The van der Waals surface area contributed by atoms with E-state index in [0.29, 0.717) is 28.8 Å². The number of nitrogens with one attached hydrogen (secondary N) is 1. The fourth-order valence-electron chi connectivity index (χ4n) is 2.07. The van der Waals surface area contributed by atoms with Crippen LogP contribution in [0.5, 0.6) is 11.5 Å². The predicted molar refractivity (Wildman–Crippen MR) is 85.0 cm³/mol. The van der Waals surface area contributed by atoms with Crippen LogP contribution in [0.4, 0.5) is 5.69 Å². The summed E-state index contributed by atoms with van der Waals surface area (Å²) in [5, 5.41) is 0.547. The van der Waals surface area contributed by atoms with Crippen molar-refractivity contribution >= 4 is 22.6 Å². The van der Waals surface area contributed by atoms with E-state index < -0.39 is 11.5 Å². The Hall–Kier alpha value is -2.76. The third-order valence-corrected chi connectivity index (χ3v) is 3.10. The highest BCUT2D eigenvalue weighted by Gasteiger charge is 2.18. The van der Waals surface area contributed by atoms with E-state index in [2.05, 4.69) is 4.98 Å². The molecule has 0 bridgehead atoms. The average Bonchev–Trinajstić information content (AvgIpc) is 2.46. The number of carbonyl (C=O) groups excluding carboxylic acids is 1. The highest BCUT2D eigenvalue weighted by atomic mass is 16.6. The van der Waals surface area contributed by atoms with Gasteiger partial charge in [0.05, 0.1) is 5.52 Å². The minimum absolute atomic E-state index is 0.0394. The number of carbonyl (C=O) groups is 1. The zero-order chi connectivity index (χ0) is 16.3. The van der Waals surface area contributed by atoms with Crippen LogP contribution in [-0.4, -0.2) is 11.0 Å². The molecule has 6 heteroatoms. The molecule has 0 fully saturated rings. The first-order valence-corrected chi connectivity index (χ1v) is 6.93. The van der Waals surface area contributed by atoms with Gasteiger partial charge in [-0.2, -0.15) is 0 Å². The van der Waals surface area contributed by atoms with Crippen molar-refractivity contribution in [2.24, 2.45) is 0 Å². The third-order valence-electron chi connectivity index (χ3n) is 3.10. The number of benzene rings is 1. The van der Waals surface area contributed by atoms with Crippen LogP contribution < -0.4 is 20.8 Å². The lowest BCUT2D eigenvalue weighted by Crippen LogP contribution is -2.15. The molecule has 0 unspecified atom stereocenters. The van der Waals surface area contributed by atoms with E-state index >= 15 is 0 Å². The summed E-state index contributed by atoms with van der Waals surface area (Å²) in [5.41, 5.74) is 6.21. The van der Waals surface area contributed by atoms with Gasteiger partial charge in [-0.15, -0.1) is 0 Å². The van der Waals surface area contributed by atoms with E-state index in [1.54, 1.807) is 31.2 Å². The summed E-state index contributed by atoms with van der Waals surface area (Å²) in [7, 11) is 0. The number of aromatic amines is 1. The molecule has 0 spiro atoms. The Labute approximate surface area is 127 Å². The third kappa shape index (κ3) is 3.11. The molecule has 2 rings (SSSR count). The number of hydrogen-bond donors (Lipinski definition) is 2. The molecule has 116 valence electrons. The summed E-state index contributed by atoms with van der Waals surface area (Å²) in [6.07, 6.45) is 2.36. The van der Waals surface area contributed by atoms with Crippen molar-refractivity contribution in [3.05, 3.63) is 40.4 Å². The van der Waals surface area contributed by atoms with Crippen LogP contribution in [0.25, 0.3) is 10.9 Å². The van der Waals surface area contributed by atoms with Crippen LogP contribution in [0.1, 0.15) is 27.2 Å². The fraction of sp³-hybridized carbons (Fsp3) is 0.250. The Morgan fingerprint density at radius 1 is 1.32 bits per heavy atom. The first-order valence-electron chi connectivity index (χ1n) is 6.93. The summed E-state index contributed by atoms with van der Waals surface area (Å²) in [6, 6.07) is 4.94. The van der Waals surface area contributed by atoms with Gasteiger partial charge in [0.1, 0.15) is 5.76 Å². The molecular weight excluding hydrogens is 284 g/mol. The predicted octanol–water partition coefficient (Wildman–Crippen LogP) is 2.73. The molecule has 3 N–H and O–H groups in total. The van der Waals surface area contributed by atoms with Crippen molar-refractivity contribution in [2.45, 2.75) is 27.2 Å². The fourth-order valence-corrected chi connectivity index (χ4v) is 2.07. The molecule has 0 aliphatic rings. The summed E-state index contributed by atoms with van der Waals surface area (Å²) in [4.78, 5) is 26.3. The quantitative estimate of drug-likeness (QED) is 0.514. The van der Waals surface area contributed by atoms with Gasteiger partial charge >= 0.3 is 5.97 Å². The topological polar surface area (TPSA) is 94.4 Å². The normalized spacial score (nSPS) is 11.5. The SMILES string of the molecule is CC=C(CC)Oc1c(OC(C)=O)c2ccc(N)cc2[nH]c1=O. The number of rotatable bonds is 4. The van der Waals surface area contributed by atoms with Crippen molar-refractivity contribution in [1.82, 2.24) is 4.98 Å². The van der Waals surface area contributed by atoms with Gasteiger partial charge in [0.2, 0.25) is 5.75 Å². The molecule has 22 heavy (non-hydrogen) atoms. The molecule has 0 amide bonds. The summed E-state index contributed by atoms with van der Waals surface area (Å²) in [5.74, 6) is 0.127. The number of nitrogens with two attached hydrogens (primary N) is 1. The highest BCUT2D eigenvalue weighted by Crippen LogP contribution is 2.33. The molecule has 6 nitrogen and oxygen atoms in total. The molecular formula is C16H18N2O4. The monoisotopic (exact) mass is 302 g/mol. The van der Waals surface area contributed by atoms with Gasteiger partial charge in [0.15, 0.2) is 5.75 Å². The molecule has 1 aromatic heterocycles. The maximum atomic E-state index is 12.3. The largest absolute Gasteiger partial charge is 0.452 e. The first kappa shape index (κ1) is 15.6. The van der Waals surface area contributed by atoms with E-state index in [-0.39, 0.29) is 11.5 Å². The minimum atomic E-state index is -0.535. The Morgan fingerprint density at radius 3 is 2.64 bits per heavy atom. The number of aromatic nitrogens is 1. The first-order chi connectivity index (χ1) is 10.5. The Balaban J connectivity index is 2.72. The maximum absolute atomic E-state index is 12.3. The Kier molecular flexibility index (Phi) is 4.50. The maximum Gasteiger partial charge on any atom is 0.308 e. The van der Waals surface area contributed by atoms with Crippen molar-refractivity contribution in [2.75, 3.05) is 5.73 Å². The molecule has 0 saturated heterocycles. The van der Waals surface area contributed by atoms with Gasteiger partial charge in [-0.05, 0) is 31.2 Å². The van der Waals surface area contributed by atoms with Crippen molar-refractivity contribution < 1.29 is 14.3 Å². The molecule has 0 saturated carbocycles. The van der Waals surface area contributed by atoms with Gasteiger partial charge in [-0.25, -0.2) is 0 Å². The number of H-pyrrole nitrogens is 1. The number of pyridine rings is 1. The van der Waals surface area contributed by atoms with E-state index in [4.69, 9.17) is 15.2 Å². The van der Waals surface area contributed by atoms with E-state index in [0.717, 1.165) is 0 Å². The highest BCUT2D eigenvalue weighted by molar-refractivity contribution is 5.91. The van der Waals surface area contributed by atoms with Crippen molar-refractivity contribution in [3.8, 4) is 11.5 Å². The smallest absolute Gasteiger partial charge is 0.308 e. The molecule has 0 aliphatic carbocycles. The second-order valence-electron chi connectivity index (χ2n) is 4.72. The van der Waals surface area contributed by atoms with E-state index in [1.807, 2.05) is 6.92 Å². The average molecular weight is 302 g/mol. The second-order valence-corrected chi connectivity index (χ2v) is 4.72. The van der Waals surface area contributed by atoms with Crippen molar-refractivity contribution in [3.63, 3.8) is 0 Å². The van der Waals surface area contributed by atoms with Gasteiger partial charge < -0.3 is 20.2 Å². The zero-order valence-electron chi connectivity index (χ0n) is 12.7. The van der Waals surface area contributed by atoms with Crippen LogP contribution in [0.3, 0.4) is 0 Å². The van der Waals surface area contributed by atoms with Gasteiger partial charge in [-0.3, -0.25) is 9.59 Å². The number of anilines is 1. The molecule has 0 atom stereocenters. The number of hydrogen-bond acceptors (Lipinski definition) is 5. The van der Waals surface area contributed by atoms with Crippen molar-refractivity contribution in [1.29, 1.82) is 0 Å². The van der Waals surface area contributed by atoms with Gasteiger partial charge in [-0.1, -0.05) is 6.92 Å². The summed E-state index contributed by atoms with van der Waals surface area (Å²) >= 11 is 0. The lowest BCUT2D eigenvalue weighted by Gasteiger charge is -2.13. The molecule has 1 heterocycles. The lowest BCUT2D eigenvalue weighted by molar-refractivity contribution is -0.131. The number of allylic oxidation sites excluding steroid dienone is 2. The van der Waals surface area contributed by atoms with Gasteiger partial charge in [0.25, 0.3) is 5.56 Å². The molecule has 0 radical (unpaired) electrons.